The predicted molar refractivity (Wildman–Crippen MR) is 520 cm³/mol. The Morgan fingerprint density at radius 3 is 0.746 bits per heavy atom. The van der Waals surface area contributed by atoms with Crippen LogP contribution in [0.4, 0.5) is 51.2 Å². The molecular weight excluding hydrogens is 1600 g/mol. The van der Waals surface area contributed by atoms with Crippen molar-refractivity contribution in [2.24, 2.45) is 0 Å². The lowest BCUT2D eigenvalue weighted by Crippen LogP contribution is -2.74. The fraction of sp³-hybridized carbons (Fsp3) is 0.0270. The molecule has 0 saturated heterocycles. The van der Waals surface area contributed by atoms with Gasteiger partial charge in [-0.2, -0.15) is 0 Å². The molecule has 0 unspecified atom stereocenters. The van der Waals surface area contributed by atoms with Gasteiger partial charge in [-0.1, -0.05) is 346 Å². The molecule has 0 aromatic heterocycles. The van der Waals surface area contributed by atoms with E-state index in [0.717, 1.165) is 28.6 Å². The van der Waals surface area contributed by atoms with E-state index < -0.39 is 24.2 Å². The number of ether oxygens (including phenoxy) is 1. The van der Waals surface area contributed by atoms with Crippen LogP contribution in [0.15, 0.2) is 458 Å². The second-order valence-electron chi connectivity index (χ2n) is 33.1. The molecule has 0 saturated carbocycles. The maximum atomic E-state index is 6.34. The summed E-state index contributed by atoms with van der Waals surface area (Å²) < 4.78 is 6.34. The van der Waals surface area contributed by atoms with Crippen LogP contribution in [-0.4, -0.2) is 24.2 Å². The van der Waals surface area contributed by atoms with Gasteiger partial charge < -0.3 is 19.4 Å². The van der Waals surface area contributed by atoms with E-state index in [-0.39, 0.29) is 5.41 Å². The fourth-order valence-electron chi connectivity index (χ4n) is 21.9. The van der Waals surface area contributed by atoms with Gasteiger partial charge in [0.2, 0.25) is 0 Å². The molecule has 18 aromatic rings. The molecule has 9 heterocycles. The maximum absolute atomic E-state index is 6.34. The van der Waals surface area contributed by atoms with Gasteiger partial charge in [-0.25, -0.2) is 0 Å². The standard InChI is InChI=1S/C39H29NSSi.C36H23NOSSi.C36H23NS2Si/c1-39(2)29-15-5-7-17-31(29)40(32-18-8-6-16-30(32)39)26-23-24-34-38(25-26)42(37-22-12-9-19-33(37)41-34)35-20-10-3-13-27(35)28-14-4-11-21-36(28)42;2*1-8-18-33-25(11-1)26-12-2-9-19-34(26)40(33)35-20-10-7-17-31(35)39-32-22-21-24(23-36(32)40)37-27-13-3-5-15-29(27)38-30-16-6-4-14-28(30)37/h3-25H,1-2H3;2*1-23H. The number of fused-ring (bicyclic) bond motifs is 33. The zero-order chi connectivity index (χ0) is 80.6. The van der Waals surface area contributed by atoms with Crippen LogP contribution in [0.25, 0.3) is 33.4 Å². The van der Waals surface area contributed by atoms with E-state index in [1.807, 2.05) is 59.2 Å². The number of benzene rings is 18. The molecule has 0 bridgehead atoms. The van der Waals surface area contributed by atoms with E-state index in [1.165, 1.54) is 180 Å². The highest BCUT2D eigenvalue weighted by atomic mass is 32.2. The van der Waals surface area contributed by atoms with Crippen molar-refractivity contribution < 1.29 is 4.74 Å². The molecular formula is C111H75N3OS4Si3. The first-order valence-corrected chi connectivity index (χ1v) is 51.2. The van der Waals surface area contributed by atoms with Gasteiger partial charge in [0.15, 0.2) is 35.7 Å². The monoisotopic (exact) mass is 1680 g/mol. The molecule has 9 aliphatic rings. The molecule has 4 nitrogen and oxygen atoms in total. The summed E-state index contributed by atoms with van der Waals surface area (Å²) in [5.41, 5.74) is 21.8. The quantitative estimate of drug-likeness (QED) is 0.161. The van der Waals surface area contributed by atoms with Crippen LogP contribution in [-0.2, 0) is 5.41 Å². The minimum absolute atomic E-state index is 0.0774. The molecule has 9 aliphatic heterocycles. The highest BCUT2D eigenvalue weighted by molar-refractivity contribution is 8.01. The molecule has 11 heteroatoms. The fourth-order valence-corrected chi connectivity index (χ4v) is 45.1. The lowest BCUT2D eigenvalue weighted by Gasteiger charge is -2.43. The number of hydrogen-bond acceptors (Lipinski definition) is 8. The molecule has 0 aliphatic carbocycles. The number of rotatable bonds is 3. The van der Waals surface area contributed by atoms with Crippen LogP contribution in [0.2, 0.25) is 0 Å². The first-order valence-electron chi connectivity index (χ1n) is 41.9. The van der Waals surface area contributed by atoms with Crippen molar-refractivity contribution in [3.63, 3.8) is 0 Å². The Morgan fingerprint density at radius 2 is 0.418 bits per heavy atom. The third-order valence-electron chi connectivity index (χ3n) is 26.8. The Kier molecular flexibility index (Phi) is 16.5. The van der Waals surface area contributed by atoms with Gasteiger partial charge in [0.25, 0.3) is 0 Å². The second kappa shape index (κ2) is 27.9. The van der Waals surface area contributed by atoms with Gasteiger partial charge >= 0.3 is 0 Å². The smallest absolute Gasteiger partial charge is 0.183 e. The second-order valence-corrected chi connectivity index (χ2v) is 48.4. The molecule has 27 rings (SSSR count). The van der Waals surface area contributed by atoms with E-state index in [9.17, 15) is 0 Å². The van der Waals surface area contributed by atoms with Gasteiger partial charge in [-0.3, -0.25) is 0 Å². The summed E-state index contributed by atoms with van der Waals surface area (Å²) in [4.78, 5) is 18.2. The van der Waals surface area contributed by atoms with Crippen LogP contribution in [0.5, 0.6) is 11.5 Å². The topological polar surface area (TPSA) is 19.0 Å². The van der Waals surface area contributed by atoms with Gasteiger partial charge in [0.05, 0.1) is 34.1 Å². The van der Waals surface area contributed by atoms with E-state index in [0.29, 0.717) is 0 Å². The summed E-state index contributed by atoms with van der Waals surface area (Å²) in [6.45, 7) is 4.72. The summed E-state index contributed by atoms with van der Waals surface area (Å²) in [7, 11) is -7.65. The molecule has 0 amide bonds. The van der Waals surface area contributed by atoms with Crippen LogP contribution in [0, 0.1) is 0 Å². The highest BCUT2D eigenvalue weighted by Crippen LogP contribution is 2.56. The molecule has 576 valence electrons. The lowest BCUT2D eigenvalue weighted by atomic mass is 9.73. The zero-order valence-electron chi connectivity index (χ0n) is 66.7. The van der Waals surface area contributed by atoms with Gasteiger partial charge in [0, 0.05) is 61.6 Å². The van der Waals surface area contributed by atoms with E-state index >= 15 is 0 Å². The van der Waals surface area contributed by atoms with Gasteiger partial charge in [0.1, 0.15) is 0 Å². The highest BCUT2D eigenvalue weighted by Gasteiger charge is 2.56. The summed E-state index contributed by atoms with van der Waals surface area (Å²) in [6, 6.07) is 156. The Hall–Kier alpha value is -12.8. The first-order chi connectivity index (χ1) is 60.3. The van der Waals surface area contributed by atoms with E-state index in [4.69, 9.17) is 4.74 Å². The van der Waals surface area contributed by atoms with Crippen molar-refractivity contribution in [3.05, 3.63) is 430 Å². The molecule has 122 heavy (non-hydrogen) atoms. The maximum Gasteiger partial charge on any atom is 0.183 e. The Balaban J connectivity index is 0.000000101. The molecule has 0 N–H and O–H groups in total. The minimum atomic E-state index is -2.56. The zero-order valence-corrected chi connectivity index (χ0v) is 73.0. The number of para-hydroxylation sites is 8. The first kappa shape index (κ1) is 72.1. The van der Waals surface area contributed by atoms with Crippen LogP contribution in [0.1, 0.15) is 25.0 Å². The number of nitrogens with zero attached hydrogens (tertiary/aromatic N) is 3. The molecule has 0 atom stereocenters. The third-order valence-corrected chi connectivity index (χ3v) is 47.3. The van der Waals surface area contributed by atoms with Crippen LogP contribution >= 0.6 is 47.0 Å². The summed E-state index contributed by atoms with van der Waals surface area (Å²) >= 11 is 7.64. The van der Waals surface area contributed by atoms with Crippen molar-refractivity contribution in [1.29, 1.82) is 0 Å². The largest absolute Gasteiger partial charge is 0.453 e. The number of hydrogen-bond donors (Lipinski definition) is 0. The third kappa shape index (κ3) is 10.3. The minimum Gasteiger partial charge on any atom is -0.453 e. The van der Waals surface area contributed by atoms with Crippen molar-refractivity contribution in [3.8, 4) is 44.9 Å². The Labute approximate surface area is 730 Å². The lowest BCUT2D eigenvalue weighted by molar-refractivity contribution is 0.477. The SMILES string of the molecule is CC1(C)c2ccccc2N(c2ccc3c(c2)[Si]2(c4ccccc4S3)c3ccccc3-c3ccccc32)c2ccccc21.c1ccc2c(c1)Oc1ccccc1N2c1ccc2c(c1)[Si]1(c3ccccc3S2)c2ccccc2-c2ccccc21.c1ccc2c(c1)Sc1ccccc1N2c1ccc2c(c1)[Si]1(c3ccccc3S2)c2ccccc2-c2ccccc21. The predicted octanol–water partition coefficient (Wildman–Crippen LogP) is 22.1. The molecule has 0 fully saturated rings. The Morgan fingerprint density at radius 1 is 0.197 bits per heavy atom. The van der Waals surface area contributed by atoms with E-state index in [1.54, 1.807) is 0 Å². The van der Waals surface area contributed by atoms with Crippen molar-refractivity contribution in [2.75, 3.05) is 14.7 Å². The van der Waals surface area contributed by atoms with Gasteiger partial charge in [-0.15, -0.1) is 0 Å². The molecule has 18 aromatic carbocycles. The summed E-state index contributed by atoms with van der Waals surface area (Å²) in [5.74, 6) is 1.75. The molecule has 0 radical (unpaired) electrons. The van der Waals surface area contributed by atoms with Gasteiger partial charge in [-0.05, 0) is 240 Å². The average molecular weight is 1680 g/mol. The molecule has 3 spiro atoms. The van der Waals surface area contributed by atoms with Crippen LogP contribution < -0.4 is 81.7 Å². The van der Waals surface area contributed by atoms with Crippen molar-refractivity contribution >= 4 is 185 Å². The normalized spacial score (nSPS) is 15.3. The average Bonchev–Trinajstić information content (AvgIpc) is 1.50. The van der Waals surface area contributed by atoms with Crippen LogP contribution in [0.3, 0.4) is 0 Å². The van der Waals surface area contributed by atoms with Crippen molar-refractivity contribution in [2.45, 2.75) is 58.4 Å². The summed E-state index contributed by atoms with van der Waals surface area (Å²) in [5, 5.41) is 18.0. The van der Waals surface area contributed by atoms with Crippen molar-refractivity contribution in [1.82, 2.24) is 0 Å². The number of anilines is 9. The summed E-state index contributed by atoms with van der Waals surface area (Å²) in [6.07, 6.45) is 0. The van der Waals surface area contributed by atoms with E-state index in [2.05, 4.69) is 435 Å². The Bertz CT molecular complexity index is 6900.